The number of hydrogen-bond donors (Lipinski definition) is 6. The van der Waals surface area contributed by atoms with E-state index in [1.807, 2.05) is 10.6 Å². The fourth-order valence-electron chi connectivity index (χ4n) is 6.16. The molecule has 0 saturated heterocycles. The summed E-state index contributed by atoms with van der Waals surface area (Å²) in [5.41, 5.74) is 3.33. The molecule has 0 aliphatic rings. The Bertz CT molecular complexity index is 2220. The molecule has 6 N–H and O–H groups in total. The number of para-hydroxylation sites is 2. The fourth-order valence-corrected chi connectivity index (χ4v) is 8.59. The van der Waals surface area contributed by atoms with E-state index in [0.717, 1.165) is 0 Å². The molecule has 6 rings (SSSR count). The summed E-state index contributed by atoms with van der Waals surface area (Å²) in [6.45, 7) is -0.0434. The Balaban J connectivity index is 1.36. The van der Waals surface area contributed by atoms with Gasteiger partial charge < -0.3 is 0 Å². The Morgan fingerprint density at radius 3 is 1.25 bits per heavy atom. The number of carbonyl (C=O) groups is 4. The second-order valence-corrected chi connectivity index (χ2v) is 15.1. The van der Waals surface area contributed by atoms with Crippen molar-refractivity contribution in [2.45, 2.75) is 50.4 Å². The van der Waals surface area contributed by atoms with Crippen LogP contribution in [0.3, 0.4) is 0 Å². The Hall–Kier alpha value is -6.06. The van der Waals surface area contributed by atoms with Gasteiger partial charge in [-0.2, -0.15) is 0 Å². The third-order valence-electron chi connectivity index (χ3n) is 8.95. The van der Waals surface area contributed by atoms with Crippen LogP contribution in [0, 0.1) is 0 Å². The van der Waals surface area contributed by atoms with Gasteiger partial charge in [-0.25, -0.2) is 0 Å². The van der Waals surface area contributed by atoms with E-state index < -0.39 is 63.0 Å². The topological polar surface area (TPSA) is 148 Å². The van der Waals surface area contributed by atoms with E-state index in [1.54, 1.807) is 109 Å². The molecule has 0 aliphatic heterocycles. The van der Waals surface area contributed by atoms with E-state index >= 15 is 0 Å². The Labute approximate surface area is 327 Å². The second-order valence-electron chi connectivity index (χ2n) is 12.9. The van der Waals surface area contributed by atoms with Crippen molar-refractivity contribution in [3.63, 3.8) is 0 Å². The normalized spacial score (nSPS) is 12.9. The predicted molar refractivity (Wildman–Crippen MR) is 202 cm³/mol. The minimum absolute atomic E-state index is 0.0217. The number of nitrogens with one attached hydrogen (secondary N) is 6. The van der Waals surface area contributed by atoms with Crippen molar-refractivity contribution in [1.29, 1.82) is 0 Å². The molecule has 10 nitrogen and oxygen atoms in total. The summed E-state index contributed by atoms with van der Waals surface area (Å²) in [7, 11) is 0. The third kappa shape index (κ3) is 10.2. The molecule has 0 radical (unpaired) electrons. The summed E-state index contributed by atoms with van der Waals surface area (Å²) in [6, 6.07) is 27.7. The number of H-pyrrole nitrogens is 2. The molecule has 57 heavy (non-hydrogen) atoms. The molecule has 4 aromatic carbocycles. The van der Waals surface area contributed by atoms with Crippen LogP contribution in [-0.4, -0.2) is 73.0 Å². The molecule has 0 spiro atoms. The summed E-state index contributed by atoms with van der Waals surface area (Å²) in [6.07, 6.45) is -11.3. The molecule has 2 heterocycles. The van der Waals surface area contributed by atoms with Crippen LogP contribution in [0.4, 0.5) is 26.3 Å². The van der Waals surface area contributed by atoms with E-state index in [1.165, 1.54) is 0 Å². The molecule has 0 unspecified atom stereocenters. The molecule has 296 valence electrons. The maximum atomic E-state index is 13.5. The van der Waals surface area contributed by atoms with Crippen LogP contribution < -0.4 is 30.5 Å². The van der Waals surface area contributed by atoms with Gasteiger partial charge in [0.05, 0.1) is 0 Å². The third-order valence-corrected chi connectivity index (χ3v) is 11.3. The predicted octanol–water partition coefficient (Wildman–Crippen LogP) is 4.12. The Morgan fingerprint density at radius 1 is 0.526 bits per heavy atom. The number of amides is 4. The number of alkyl halides is 6. The standard InChI is InChI=1S/C40H34F6N6O4Se/c41-39(42,43)37(55)51-31(33(53)47-21-23-11-3-1-4-12-23)19-27-25-15-7-9-17-29(25)49-35(27)57-36-28(26-16-8-10-18-30(26)50-36)20-32(52-38(56)40(44,45)46)34(54)48-22-24-13-5-2-6-14-24/h1-18,31-32,49-50H,19-22H2,(H,47,53)(H,48,54)(H,51,55)(H,52,56)/t31-,32+. The number of rotatable bonds is 14. The van der Waals surface area contributed by atoms with Crippen molar-refractivity contribution < 1.29 is 45.5 Å². The van der Waals surface area contributed by atoms with Gasteiger partial charge in [-0.15, -0.1) is 0 Å². The Morgan fingerprint density at radius 2 is 0.877 bits per heavy atom. The van der Waals surface area contributed by atoms with Crippen LogP contribution in [0.15, 0.2) is 109 Å². The zero-order chi connectivity index (χ0) is 40.7. The van der Waals surface area contributed by atoms with E-state index in [4.69, 9.17) is 0 Å². The van der Waals surface area contributed by atoms with E-state index in [-0.39, 0.29) is 25.9 Å². The number of benzene rings is 4. The minimum atomic E-state index is -5.28. The molecule has 0 aliphatic carbocycles. The van der Waals surface area contributed by atoms with Gasteiger partial charge in [-0.05, 0) is 0 Å². The van der Waals surface area contributed by atoms with Crippen molar-refractivity contribution >= 4 is 69.6 Å². The van der Waals surface area contributed by atoms with Crippen LogP contribution in [-0.2, 0) is 45.1 Å². The van der Waals surface area contributed by atoms with Gasteiger partial charge in [0, 0.05) is 0 Å². The zero-order valence-corrected chi connectivity index (χ0v) is 31.4. The average Bonchev–Trinajstić information content (AvgIpc) is 3.71. The van der Waals surface area contributed by atoms with Crippen molar-refractivity contribution in [3.8, 4) is 0 Å². The first-order chi connectivity index (χ1) is 27.2. The first-order valence-electron chi connectivity index (χ1n) is 17.4. The number of aromatic nitrogens is 2. The van der Waals surface area contributed by atoms with Gasteiger partial charge in [0.2, 0.25) is 0 Å². The van der Waals surface area contributed by atoms with Crippen molar-refractivity contribution in [2.24, 2.45) is 0 Å². The second kappa shape index (κ2) is 17.4. The van der Waals surface area contributed by atoms with Gasteiger partial charge in [0.15, 0.2) is 0 Å². The quantitative estimate of drug-likeness (QED) is 0.0724. The van der Waals surface area contributed by atoms with Gasteiger partial charge in [0.25, 0.3) is 0 Å². The molecule has 6 aromatic rings. The molecule has 2 atom stereocenters. The summed E-state index contributed by atoms with van der Waals surface area (Å²) in [5.74, 6) is -6.33. The van der Waals surface area contributed by atoms with Gasteiger partial charge in [0.1, 0.15) is 0 Å². The van der Waals surface area contributed by atoms with Crippen LogP contribution in [0.5, 0.6) is 0 Å². The molecule has 0 fully saturated rings. The number of hydrogen-bond acceptors (Lipinski definition) is 4. The monoisotopic (exact) mass is 856 g/mol. The first-order valence-corrected chi connectivity index (χ1v) is 19.1. The first kappa shape index (κ1) is 40.6. The zero-order valence-electron chi connectivity index (χ0n) is 29.7. The summed E-state index contributed by atoms with van der Waals surface area (Å²) in [5, 5.41) is 10.0. The molecule has 17 heteroatoms. The summed E-state index contributed by atoms with van der Waals surface area (Å²) < 4.78 is 82.2. The maximum absolute atomic E-state index is 13.5. The van der Waals surface area contributed by atoms with Crippen molar-refractivity contribution in [2.75, 3.05) is 0 Å². The number of carbonyl (C=O) groups excluding carboxylic acids is 4. The Kier molecular flexibility index (Phi) is 12.4. The van der Waals surface area contributed by atoms with Gasteiger partial charge in [-0.1, -0.05) is 0 Å². The average molecular weight is 856 g/mol. The summed E-state index contributed by atoms with van der Waals surface area (Å²) >= 11 is -0.832. The molecular weight excluding hydrogens is 821 g/mol. The van der Waals surface area contributed by atoms with Crippen LogP contribution >= 0.6 is 0 Å². The van der Waals surface area contributed by atoms with Gasteiger partial charge >= 0.3 is 328 Å². The summed E-state index contributed by atoms with van der Waals surface area (Å²) in [4.78, 5) is 58.0. The van der Waals surface area contributed by atoms with Crippen molar-refractivity contribution in [1.82, 2.24) is 31.2 Å². The molecule has 2 aromatic heterocycles. The van der Waals surface area contributed by atoms with E-state index in [9.17, 15) is 45.5 Å². The van der Waals surface area contributed by atoms with Gasteiger partial charge in [-0.3, -0.25) is 0 Å². The van der Waals surface area contributed by atoms with Crippen LogP contribution in [0.1, 0.15) is 22.3 Å². The van der Waals surface area contributed by atoms with Crippen LogP contribution in [0.25, 0.3) is 21.8 Å². The SMILES string of the molecule is O=C(NCc1ccccc1)[C@H](Cc1c([Se]c2[nH]c3ccccc3c2C[C@@H](NC(=O)C(F)(F)F)C(=O)NCc2ccccc2)[nH]c2ccccc12)NC(=O)C(F)(F)F. The van der Waals surface area contributed by atoms with Crippen LogP contribution in [0.2, 0.25) is 0 Å². The molecular formula is C40H34F6N6O4Se. The molecule has 0 saturated carbocycles. The number of halogens is 6. The van der Waals surface area contributed by atoms with Crippen molar-refractivity contribution in [3.05, 3.63) is 131 Å². The van der Waals surface area contributed by atoms with E-state index in [2.05, 4.69) is 20.6 Å². The molecule has 4 amide bonds. The fraction of sp³-hybridized carbons (Fsp3) is 0.200. The van der Waals surface area contributed by atoms with E-state index in [0.29, 0.717) is 53.2 Å². The molecule has 0 bridgehead atoms. The number of fused-ring (bicyclic) bond motifs is 2. The number of aromatic amines is 2.